The molecular formula is C16H24N4OS2. The fourth-order valence-electron chi connectivity index (χ4n) is 2.46. The number of aromatic amines is 1. The molecule has 0 aliphatic heterocycles. The normalized spacial score (nSPS) is 12.3. The summed E-state index contributed by atoms with van der Waals surface area (Å²) in [5, 5.41) is 12.0. The molecule has 2 rings (SSSR count). The van der Waals surface area contributed by atoms with Crippen LogP contribution in [0.1, 0.15) is 39.5 Å². The van der Waals surface area contributed by atoms with Gasteiger partial charge in [-0.05, 0) is 36.0 Å². The number of thiophene rings is 1. The molecule has 0 radical (unpaired) electrons. The Morgan fingerprint density at radius 2 is 2.35 bits per heavy atom. The molecule has 126 valence electrons. The summed E-state index contributed by atoms with van der Waals surface area (Å²) < 4.78 is 2.23. The number of carbonyl (C=O) groups excluding carboxylic acids is 1. The van der Waals surface area contributed by atoms with Gasteiger partial charge < -0.3 is 5.32 Å². The van der Waals surface area contributed by atoms with Gasteiger partial charge in [-0.15, -0.1) is 11.3 Å². The fraction of sp³-hybridized carbons (Fsp3) is 0.562. The van der Waals surface area contributed by atoms with Gasteiger partial charge in [-0.1, -0.05) is 39.2 Å². The highest BCUT2D eigenvalue weighted by molar-refractivity contribution is 7.71. The van der Waals surface area contributed by atoms with Crippen molar-refractivity contribution in [1.82, 2.24) is 20.1 Å². The second kappa shape index (κ2) is 8.98. The lowest BCUT2D eigenvalue weighted by atomic mass is 9.99. The molecule has 0 aromatic carbocycles. The van der Waals surface area contributed by atoms with E-state index in [9.17, 15) is 4.79 Å². The second-order valence-corrected chi connectivity index (χ2v) is 6.97. The van der Waals surface area contributed by atoms with Crippen LogP contribution in [0.4, 0.5) is 0 Å². The molecular weight excluding hydrogens is 328 g/mol. The van der Waals surface area contributed by atoms with Crippen molar-refractivity contribution >= 4 is 29.5 Å². The number of nitrogens with one attached hydrogen (secondary N) is 2. The summed E-state index contributed by atoms with van der Waals surface area (Å²) in [6, 6.07) is 3.93. The highest BCUT2D eigenvalue weighted by atomic mass is 32.1. The van der Waals surface area contributed by atoms with E-state index < -0.39 is 0 Å². The molecule has 1 atom stereocenters. The van der Waals surface area contributed by atoms with Gasteiger partial charge in [0.1, 0.15) is 6.54 Å². The Bertz CT molecular complexity index is 660. The molecule has 5 nitrogen and oxygen atoms in total. The van der Waals surface area contributed by atoms with Crippen LogP contribution in [0.3, 0.4) is 0 Å². The van der Waals surface area contributed by atoms with Crippen molar-refractivity contribution < 1.29 is 4.79 Å². The molecule has 23 heavy (non-hydrogen) atoms. The van der Waals surface area contributed by atoms with Crippen LogP contribution in [0.5, 0.6) is 0 Å². The van der Waals surface area contributed by atoms with E-state index >= 15 is 0 Å². The summed E-state index contributed by atoms with van der Waals surface area (Å²) in [6.07, 6.45) is 4.66. The van der Waals surface area contributed by atoms with Crippen LogP contribution in [0.15, 0.2) is 17.5 Å². The van der Waals surface area contributed by atoms with E-state index in [1.165, 1.54) is 19.3 Å². The minimum absolute atomic E-state index is 0.0183. The van der Waals surface area contributed by atoms with E-state index in [0.29, 0.717) is 10.7 Å². The van der Waals surface area contributed by atoms with Crippen molar-refractivity contribution in [3.63, 3.8) is 0 Å². The van der Waals surface area contributed by atoms with Crippen LogP contribution in [0.2, 0.25) is 0 Å². The molecule has 0 saturated heterocycles. The highest BCUT2D eigenvalue weighted by Gasteiger charge is 2.14. The SMILES string of the molecule is CCCCC(CC)CNC(=O)Cn1c(-c2cccs2)n[nH]c1=S. The summed E-state index contributed by atoms with van der Waals surface area (Å²) in [6.45, 7) is 5.30. The van der Waals surface area contributed by atoms with E-state index in [0.717, 1.165) is 23.7 Å². The molecule has 0 aliphatic carbocycles. The maximum atomic E-state index is 12.3. The lowest BCUT2D eigenvalue weighted by molar-refractivity contribution is -0.121. The average molecular weight is 353 g/mol. The molecule has 2 aromatic heterocycles. The first kappa shape index (κ1) is 17.9. The molecule has 0 bridgehead atoms. The third-order valence-electron chi connectivity index (χ3n) is 3.93. The first-order valence-corrected chi connectivity index (χ1v) is 9.40. The standard InChI is InChI=1S/C16H24N4OS2/c1-3-5-7-12(4-2)10-17-14(21)11-20-15(18-19-16(20)22)13-8-6-9-23-13/h6,8-9,12H,3-5,7,10-11H2,1-2H3,(H,17,21)(H,19,22). The Balaban J connectivity index is 1.96. The minimum Gasteiger partial charge on any atom is -0.354 e. The number of unbranched alkanes of at least 4 members (excludes halogenated alkanes) is 1. The highest BCUT2D eigenvalue weighted by Crippen LogP contribution is 2.22. The topological polar surface area (TPSA) is 62.7 Å². The van der Waals surface area contributed by atoms with Gasteiger partial charge in [0, 0.05) is 6.54 Å². The van der Waals surface area contributed by atoms with Crippen molar-refractivity contribution in [3.8, 4) is 10.7 Å². The smallest absolute Gasteiger partial charge is 0.240 e. The summed E-state index contributed by atoms with van der Waals surface area (Å²) >= 11 is 6.83. The maximum Gasteiger partial charge on any atom is 0.240 e. The number of nitrogens with zero attached hydrogens (tertiary/aromatic N) is 2. The predicted molar refractivity (Wildman–Crippen MR) is 97.0 cm³/mol. The first-order chi connectivity index (χ1) is 11.2. The Labute approximate surface area is 146 Å². The number of hydrogen-bond acceptors (Lipinski definition) is 4. The zero-order valence-electron chi connectivity index (χ0n) is 13.7. The summed E-state index contributed by atoms with van der Waals surface area (Å²) in [5.41, 5.74) is 0. The summed E-state index contributed by atoms with van der Waals surface area (Å²) in [4.78, 5) is 13.3. The van der Waals surface area contributed by atoms with Gasteiger partial charge in [0.2, 0.25) is 5.91 Å². The van der Waals surface area contributed by atoms with Crippen LogP contribution < -0.4 is 5.32 Å². The molecule has 0 spiro atoms. The van der Waals surface area contributed by atoms with Crippen LogP contribution >= 0.6 is 23.6 Å². The Morgan fingerprint density at radius 3 is 3.00 bits per heavy atom. The van der Waals surface area contributed by atoms with Crippen LogP contribution in [0.25, 0.3) is 10.7 Å². The van der Waals surface area contributed by atoms with Crippen molar-refractivity contribution in [3.05, 3.63) is 22.3 Å². The summed E-state index contributed by atoms with van der Waals surface area (Å²) in [7, 11) is 0. The second-order valence-electron chi connectivity index (χ2n) is 5.64. The summed E-state index contributed by atoms with van der Waals surface area (Å²) in [5.74, 6) is 1.25. The van der Waals surface area contributed by atoms with Crippen molar-refractivity contribution in [1.29, 1.82) is 0 Å². The number of H-pyrrole nitrogens is 1. The number of rotatable bonds is 9. The van der Waals surface area contributed by atoms with Crippen LogP contribution in [0, 0.1) is 10.7 Å². The predicted octanol–water partition coefficient (Wildman–Crippen LogP) is 4.00. The molecule has 0 aliphatic rings. The van der Waals surface area contributed by atoms with Gasteiger partial charge >= 0.3 is 0 Å². The molecule has 2 heterocycles. The third kappa shape index (κ3) is 5.00. The lowest BCUT2D eigenvalue weighted by Crippen LogP contribution is -2.32. The number of hydrogen-bond donors (Lipinski definition) is 2. The molecule has 2 aromatic rings. The van der Waals surface area contributed by atoms with E-state index in [4.69, 9.17) is 12.2 Å². The zero-order chi connectivity index (χ0) is 16.7. The van der Waals surface area contributed by atoms with Crippen molar-refractivity contribution in [2.24, 2.45) is 5.92 Å². The van der Waals surface area contributed by atoms with Gasteiger partial charge in [-0.25, -0.2) is 0 Å². The molecule has 0 fully saturated rings. The first-order valence-electron chi connectivity index (χ1n) is 8.11. The van der Waals surface area contributed by atoms with Crippen LogP contribution in [-0.2, 0) is 11.3 Å². The number of aromatic nitrogens is 3. The fourth-order valence-corrected chi connectivity index (χ4v) is 3.38. The van der Waals surface area contributed by atoms with Crippen molar-refractivity contribution in [2.45, 2.75) is 46.1 Å². The van der Waals surface area contributed by atoms with Gasteiger partial charge in [0.25, 0.3) is 0 Å². The van der Waals surface area contributed by atoms with Gasteiger partial charge in [0.15, 0.2) is 10.6 Å². The lowest BCUT2D eigenvalue weighted by Gasteiger charge is -2.15. The van der Waals surface area contributed by atoms with Gasteiger partial charge in [-0.2, -0.15) is 5.10 Å². The largest absolute Gasteiger partial charge is 0.354 e. The van der Waals surface area contributed by atoms with Gasteiger partial charge in [-0.3, -0.25) is 14.5 Å². The number of amides is 1. The number of carbonyl (C=O) groups is 1. The Kier molecular flexibility index (Phi) is 6.98. The molecule has 1 amide bonds. The Morgan fingerprint density at radius 1 is 1.52 bits per heavy atom. The van der Waals surface area contributed by atoms with Crippen molar-refractivity contribution in [2.75, 3.05) is 6.54 Å². The average Bonchev–Trinajstić information content (AvgIpc) is 3.18. The van der Waals surface area contributed by atoms with Gasteiger partial charge in [0.05, 0.1) is 4.88 Å². The van der Waals surface area contributed by atoms with E-state index in [1.807, 2.05) is 17.5 Å². The van der Waals surface area contributed by atoms with E-state index in [1.54, 1.807) is 15.9 Å². The van der Waals surface area contributed by atoms with Crippen LogP contribution in [-0.4, -0.2) is 27.2 Å². The molecule has 7 heteroatoms. The maximum absolute atomic E-state index is 12.3. The Hall–Kier alpha value is -1.47. The quantitative estimate of drug-likeness (QED) is 0.671. The van der Waals surface area contributed by atoms with E-state index in [2.05, 4.69) is 29.4 Å². The molecule has 1 unspecified atom stereocenters. The molecule has 0 saturated carbocycles. The molecule has 2 N–H and O–H groups in total. The minimum atomic E-state index is -0.0183. The monoisotopic (exact) mass is 352 g/mol. The van der Waals surface area contributed by atoms with E-state index in [-0.39, 0.29) is 12.5 Å². The zero-order valence-corrected chi connectivity index (χ0v) is 15.3. The third-order valence-corrected chi connectivity index (χ3v) is 5.11.